The molecule has 1 aromatic carbocycles. The molecular weight excluding hydrogens is 348 g/mol. The molecule has 2 fully saturated rings. The van der Waals surface area contributed by atoms with Gasteiger partial charge in [-0.25, -0.2) is 4.98 Å². The third-order valence-electron chi connectivity index (χ3n) is 5.77. The molecule has 0 radical (unpaired) electrons. The molecule has 1 aromatic heterocycles. The molecular formula is C20H22N2O3S. The van der Waals surface area contributed by atoms with Gasteiger partial charge in [0.15, 0.2) is 0 Å². The van der Waals surface area contributed by atoms with Crippen molar-refractivity contribution < 1.29 is 14.7 Å². The van der Waals surface area contributed by atoms with Gasteiger partial charge in [0.1, 0.15) is 4.88 Å². The topological polar surface area (TPSA) is 70.5 Å². The lowest BCUT2D eigenvalue weighted by atomic mass is 9.90. The fourth-order valence-electron chi connectivity index (χ4n) is 4.04. The maximum Gasteiger partial charge on any atom is 0.307 e. The van der Waals surface area contributed by atoms with Gasteiger partial charge in [0.2, 0.25) is 0 Å². The average molecular weight is 370 g/mol. The van der Waals surface area contributed by atoms with E-state index < -0.39 is 5.97 Å². The van der Waals surface area contributed by atoms with E-state index >= 15 is 0 Å². The van der Waals surface area contributed by atoms with Gasteiger partial charge in [0, 0.05) is 19.5 Å². The molecule has 1 saturated carbocycles. The number of hydrogen-bond acceptors (Lipinski definition) is 4. The van der Waals surface area contributed by atoms with Crippen molar-refractivity contribution >= 4 is 23.2 Å². The molecule has 1 atom stereocenters. The number of carbonyl (C=O) groups excluding carboxylic acids is 1. The summed E-state index contributed by atoms with van der Waals surface area (Å²) in [7, 11) is 0. The Morgan fingerprint density at radius 3 is 2.58 bits per heavy atom. The Morgan fingerprint density at radius 2 is 1.96 bits per heavy atom. The monoisotopic (exact) mass is 370 g/mol. The predicted molar refractivity (Wildman–Crippen MR) is 99.4 cm³/mol. The Labute approximate surface area is 156 Å². The van der Waals surface area contributed by atoms with Gasteiger partial charge in [-0.15, -0.1) is 11.3 Å². The van der Waals surface area contributed by atoms with Crippen LogP contribution < -0.4 is 0 Å². The Morgan fingerprint density at radius 1 is 1.27 bits per heavy atom. The molecule has 0 bridgehead atoms. The third-order valence-corrected chi connectivity index (χ3v) is 6.91. The van der Waals surface area contributed by atoms with E-state index in [1.165, 1.54) is 16.9 Å². The minimum Gasteiger partial charge on any atom is -0.481 e. The fourth-order valence-corrected chi connectivity index (χ4v) is 5.11. The number of thiazole rings is 1. The number of carboxylic acids is 1. The molecule has 1 aliphatic heterocycles. The molecule has 2 aromatic rings. The van der Waals surface area contributed by atoms with Gasteiger partial charge < -0.3 is 10.0 Å². The summed E-state index contributed by atoms with van der Waals surface area (Å²) >= 11 is 1.48. The number of rotatable bonds is 4. The molecule has 2 aliphatic rings. The van der Waals surface area contributed by atoms with Gasteiger partial charge in [-0.2, -0.15) is 0 Å². The van der Waals surface area contributed by atoms with E-state index in [2.05, 4.69) is 17.1 Å². The van der Waals surface area contributed by atoms with Crippen LogP contribution in [0.2, 0.25) is 0 Å². The van der Waals surface area contributed by atoms with Crippen LogP contribution in [0.4, 0.5) is 0 Å². The number of hydrogen-bond donors (Lipinski definition) is 1. The highest BCUT2D eigenvalue weighted by Gasteiger charge is 2.59. The molecule has 1 unspecified atom stereocenters. The quantitative estimate of drug-likeness (QED) is 0.896. The fraction of sp³-hybridized carbons (Fsp3) is 0.450. The zero-order chi connectivity index (χ0) is 18.3. The second kappa shape index (κ2) is 6.50. The summed E-state index contributed by atoms with van der Waals surface area (Å²) < 4.78 is 0. The lowest BCUT2D eigenvalue weighted by molar-refractivity contribution is -0.139. The number of amides is 1. The maximum atomic E-state index is 12.9. The number of aliphatic carboxylic acids is 1. The first-order valence-electron chi connectivity index (χ1n) is 9.01. The summed E-state index contributed by atoms with van der Waals surface area (Å²) in [5, 5.41) is 10.2. The minimum absolute atomic E-state index is 0.0432. The van der Waals surface area contributed by atoms with E-state index in [0.717, 1.165) is 41.3 Å². The smallest absolute Gasteiger partial charge is 0.307 e. The van der Waals surface area contributed by atoms with Crippen LogP contribution in [0.5, 0.6) is 0 Å². The van der Waals surface area contributed by atoms with Crippen molar-refractivity contribution in [3.05, 3.63) is 51.5 Å². The van der Waals surface area contributed by atoms with Crippen molar-refractivity contribution in [3.8, 4) is 0 Å². The van der Waals surface area contributed by atoms with Crippen molar-refractivity contribution in [2.75, 3.05) is 13.1 Å². The van der Waals surface area contributed by atoms with Crippen LogP contribution >= 0.6 is 11.3 Å². The maximum absolute atomic E-state index is 12.9. The van der Waals surface area contributed by atoms with Gasteiger partial charge in [0.25, 0.3) is 5.91 Å². The first-order chi connectivity index (χ1) is 12.5. The number of likely N-dealkylation sites (tertiary alicyclic amines) is 1. The first-order valence-corrected chi connectivity index (χ1v) is 9.82. The third kappa shape index (κ3) is 3.14. The molecule has 5 nitrogen and oxygen atoms in total. The number of aryl methyl sites for hydroxylation is 1. The molecule has 1 aliphatic carbocycles. The zero-order valence-electron chi connectivity index (χ0n) is 14.8. The highest BCUT2D eigenvalue weighted by atomic mass is 32.1. The lowest BCUT2D eigenvalue weighted by Gasteiger charge is -2.32. The molecule has 2 heterocycles. The standard InChI is InChI=1S/C20H22N2O3S/c1-13-17(26-16(21-13)11-14-5-3-2-4-6-14)18(23)22-9-7-20(8-10-22)12-15(20)19(24)25/h2-6,15H,7-12H2,1H3,(H,24,25). The van der Waals surface area contributed by atoms with Gasteiger partial charge in [-0.1, -0.05) is 30.3 Å². The summed E-state index contributed by atoms with van der Waals surface area (Å²) in [6, 6.07) is 10.1. The predicted octanol–water partition coefficient (Wildman–Crippen LogP) is 3.37. The number of aromatic nitrogens is 1. The van der Waals surface area contributed by atoms with Crippen molar-refractivity contribution in [2.45, 2.75) is 32.6 Å². The average Bonchev–Trinajstić information content (AvgIpc) is 3.22. The molecule has 1 amide bonds. The Kier molecular flexibility index (Phi) is 4.31. The second-order valence-electron chi connectivity index (χ2n) is 7.43. The van der Waals surface area contributed by atoms with Gasteiger partial charge >= 0.3 is 5.97 Å². The van der Waals surface area contributed by atoms with E-state index in [1.807, 2.05) is 30.0 Å². The normalized spacial score (nSPS) is 21.0. The summed E-state index contributed by atoms with van der Waals surface area (Å²) in [6.07, 6.45) is 3.10. The minimum atomic E-state index is -0.686. The largest absolute Gasteiger partial charge is 0.481 e. The van der Waals surface area contributed by atoms with E-state index in [4.69, 9.17) is 0 Å². The van der Waals surface area contributed by atoms with E-state index in [0.29, 0.717) is 13.1 Å². The molecule has 1 spiro atoms. The molecule has 1 saturated heterocycles. The summed E-state index contributed by atoms with van der Waals surface area (Å²) in [6.45, 7) is 3.19. The zero-order valence-corrected chi connectivity index (χ0v) is 15.6. The van der Waals surface area contributed by atoms with Crippen LogP contribution in [-0.2, 0) is 11.2 Å². The van der Waals surface area contributed by atoms with Crippen molar-refractivity contribution in [3.63, 3.8) is 0 Å². The molecule has 4 rings (SSSR count). The Balaban J connectivity index is 1.42. The second-order valence-corrected chi connectivity index (χ2v) is 8.52. The van der Waals surface area contributed by atoms with Gasteiger partial charge in [-0.05, 0) is 37.2 Å². The van der Waals surface area contributed by atoms with Crippen LogP contribution in [0.3, 0.4) is 0 Å². The number of nitrogens with zero attached hydrogens (tertiary/aromatic N) is 2. The first kappa shape index (κ1) is 17.2. The number of benzene rings is 1. The van der Waals surface area contributed by atoms with Crippen molar-refractivity contribution in [2.24, 2.45) is 11.3 Å². The Bertz CT molecular complexity index is 838. The SMILES string of the molecule is Cc1nc(Cc2ccccc2)sc1C(=O)N1CCC2(CC1)CC2C(=O)O. The van der Waals surface area contributed by atoms with Gasteiger partial charge in [-0.3, -0.25) is 9.59 Å². The van der Waals surface area contributed by atoms with Gasteiger partial charge in [0.05, 0.1) is 16.6 Å². The summed E-state index contributed by atoms with van der Waals surface area (Å²) in [4.78, 5) is 31.3. The van der Waals surface area contributed by atoms with Crippen LogP contribution in [0.15, 0.2) is 30.3 Å². The van der Waals surface area contributed by atoms with Crippen molar-refractivity contribution in [1.29, 1.82) is 0 Å². The summed E-state index contributed by atoms with van der Waals surface area (Å²) in [5.41, 5.74) is 1.93. The van der Waals surface area contributed by atoms with Crippen LogP contribution in [-0.4, -0.2) is 40.0 Å². The van der Waals surface area contributed by atoms with E-state index in [1.54, 1.807) is 0 Å². The highest BCUT2D eigenvalue weighted by molar-refractivity contribution is 7.13. The van der Waals surface area contributed by atoms with E-state index in [9.17, 15) is 14.7 Å². The van der Waals surface area contributed by atoms with E-state index in [-0.39, 0.29) is 17.2 Å². The summed E-state index contributed by atoms with van der Waals surface area (Å²) in [5.74, 6) is -0.849. The van der Waals surface area contributed by atoms with Crippen LogP contribution in [0.25, 0.3) is 0 Å². The highest BCUT2D eigenvalue weighted by Crippen LogP contribution is 2.59. The number of carbonyl (C=O) groups is 2. The molecule has 136 valence electrons. The van der Waals surface area contributed by atoms with Crippen LogP contribution in [0.1, 0.15) is 45.2 Å². The molecule has 6 heteroatoms. The van der Waals surface area contributed by atoms with Crippen molar-refractivity contribution in [1.82, 2.24) is 9.88 Å². The lowest BCUT2D eigenvalue weighted by Crippen LogP contribution is -2.39. The molecule has 26 heavy (non-hydrogen) atoms. The Hall–Kier alpha value is -2.21. The van der Waals surface area contributed by atoms with Crippen LogP contribution in [0, 0.1) is 18.3 Å². The number of piperidine rings is 1. The molecule has 1 N–H and O–H groups in total. The number of carboxylic acid groups (broad SMARTS) is 1.